The summed E-state index contributed by atoms with van der Waals surface area (Å²) >= 11 is 0.581. The van der Waals surface area contributed by atoms with E-state index in [1.54, 1.807) is 7.11 Å². The van der Waals surface area contributed by atoms with Crippen LogP contribution >= 0.6 is 0 Å². The van der Waals surface area contributed by atoms with Crippen molar-refractivity contribution in [1.82, 2.24) is 10.6 Å². The van der Waals surface area contributed by atoms with Gasteiger partial charge in [0, 0.05) is 0 Å². The van der Waals surface area contributed by atoms with Gasteiger partial charge in [0.1, 0.15) is 0 Å². The molecule has 0 rings (SSSR count). The van der Waals surface area contributed by atoms with Gasteiger partial charge >= 0.3 is 115 Å². The quantitative estimate of drug-likeness (QED) is 0.478. The molecule has 0 aliphatic rings. The van der Waals surface area contributed by atoms with Gasteiger partial charge in [-0.3, -0.25) is 0 Å². The summed E-state index contributed by atoms with van der Waals surface area (Å²) in [6.45, 7) is 0.345. The summed E-state index contributed by atoms with van der Waals surface area (Å²) in [6, 6.07) is -0.621. The molecule has 17 heavy (non-hydrogen) atoms. The minimum absolute atomic E-state index is 0.0156. The number of rotatable bonds is 7. The molecule has 0 aromatic heterocycles. The number of methoxy groups -OCH3 is 1. The predicted octanol–water partition coefficient (Wildman–Crippen LogP) is -0.343. The van der Waals surface area contributed by atoms with Gasteiger partial charge in [0.05, 0.1) is 0 Å². The third-order valence-electron chi connectivity index (χ3n) is 1.96. The first-order valence-corrected chi connectivity index (χ1v) is 8.99. The molecule has 0 aromatic carbocycles. The molecular weight excluding hydrogens is 417 g/mol. The summed E-state index contributed by atoms with van der Waals surface area (Å²) in [7, 11) is 1.56. The molecule has 0 saturated carbocycles. The van der Waals surface area contributed by atoms with Crippen molar-refractivity contribution >= 4 is 17.9 Å². The van der Waals surface area contributed by atoms with E-state index in [1.807, 2.05) is 5.32 Å². The van der Waals surface area contributed by atoms with Crippen LogP contribution < -0.4 is 10.6 Å². The summed E-state index contributed by atoms with van der Waals surface area (Å²) in [5, 5.41) is 12.9. The molecule has 1 unspecified atom stereocenters. The van der Waals surface area contributed by atoms with Gasteiger partial charge in [-0.15, -0.1) is 0 Å². The van der Waals surface area contributed by atoms with Crippen LogP contribution in [-0.4, -0.2) is 42.8 Å². The zero-order valence-corrected chi connectivity index (χ0v) is 15.2. The maximum atomic E-state index is 11.2. The Morgan fingerprint density at radius 1 is 1.35 bits per heavy atom. The molecule has 8 heteroatoms. The van der Waals surface area contributed by atoms with Gasteiger partial charge in [-0.05, 0) is 0 Å². The number of carbonyl (C=O) groups is 3. The standard InChI is InChI=1S/C9H15N2O5.Hg/c1-6(16-2)5-10-9(15)11-7(12)3-4-8(13)14;/h6H,1,3-5H2,2H3,(H,13,14)(H2,10,11,12,15);. The Balaban J connectivity index is 3.78. The Labute approximate surface area is 115 Å². The summed E-state index contributed by atoms with van der Waals surface area (Å²) in [4.78, 5) is 32.5. The second-order valence-corrected chi connectivity index (χ2v) is 5.54. The SMILES string of the molecule is COC([CH2][Hg])CNC(=O)NC(=O)CCC(=O)O. The van der Waals surface area contributed by atoms with Crippen LogP contribution in [0.25, 0.3) is 0 Å². The van der Waals surface area contributed by atoms with Gasteiger partial charge < -0.3 is 0 Å². The van der Waals surface area contributed by atoms with E-state index < -0.39 is 17.9 Å². The monoisotopic (exact) mass is 433 g/mol. The Morgan fingerprint density at radius 3 is 2.47 bits per heavy atom. The molecule has 93 valence electrons. The number of amides is 3. The fourth-order valence-electron chi connectivity index (χ4n) is 0.964. The first-order chi connectivity index (χ1) is 7.99. The van der Waals surface area contributed by atoms with Crippen LogP contribution in [0.2, 0.25) is 3.93 Å². The predicted molar refractivity (Wildman–Crippen MR) is 54.0 cm³/mol. The third-order valence-corrected chi connectivity index (χ3v) is 4.47. The van der Waals surface area contributed by atoms with E-state index in [1.165, 1.54) is 0 Å². The van der Waals surface area contributed by atoms with E-state index in [9.17, 15) is 14.4 Å². The van der Waals surface area contributed by atoms with Crippen molar-refractivity contribution in [1.29, 1.82) is 0 Å². The summed E-state index contributed by atoms with van der Waals surface area (Å²) in [5.41, 5.74) is 0. The number of hydrogen-bond donors (Lipinski definition) is 3. The van der Waals surface area contributed by atoms with E-state index in [-0.39, 0.29) is 18.9 Å². The van der Waals surface area contributed by atoms with Crippen molar-refractivity contribution in [2.45, 2.75) is 22.9 Å². The summed E-state index contributed by atoms with van der Waals surface area (Å²) in [5.74, 6) is -1.67. The van der Waals surface area contributed by atoms with E-state index >= 15 is 0 Å². The minimum atomic E-state index is -1.07. The number of carboxylic acid groups (broad SMARTS) is 1. The number of carbonyl (C=O) groups excluding carboxylic acids is 2. The van der Waals surface area contributed by atoms with Gasteiger partial charge in [0.15, 0.2) is 0 Å². The molecule has 0 fully saturated rings. The van der Waals surface area contributed by atoms with Crippen LogP contribution in [0, 0.1) is 0 Å². The third kappa shape index (κ3) is 9.05. The van der Waals surface area contributed by atoms with Crippen LogP contribution in [0.3, 0.4) is 0 Å². The van der Waals surface area contributed by atoms with Gasteiger partial charge in [-0.2, -0.15) is 0 Å². The Kier molecular flexibility index (Phi) is 8.96. The molecule has 0 heterocycles. The zero-order valence-electron chi connectivity index (χ0n) is 9.69. The van der Waals surface area contributed by atoms with Crippen LogP contribution in [0.1, 0.15) is 12.8 Å². The van der Waals surface area contributed by atoms with Crippen molar-refractivity contribution in [3.05, 3.63) is 0 Å². The number of carboxylic acids is 1. The second-order valence-electron chi connectivity index (χ2n) is 3.30. The van der Waals surface area contributed by atoms with E-state index in [0.29, 0.717) is 32.7 Å². The number of aliphatic carboxylic acids is 1. The van der Waals surface area contributed by atoms with E-state index in [4.69, 9.17) is 9.84 Å². The van der Waals surface area contributed by atoms with Crippen molar-refractivity contribution in [3.63, 3.8) is 0 Å². The second kappa shape index (κ2) is 9.35. The maximum absolute atomic E-state index is 11.2. The molecule has 7 nitrogen and oxygen atoms in total. The van der Waals surface area contributed by atoms with Crippen molar-refractivity contribution in [2.75, 3.05) is 13.7 Å². The van der Waals surface area contributed by atoms with Crippen LogP contribution in [0.5, 0.6) is 0 Å². The molecule has 0 spiro atoms. The molecule has 0 aliphatic heterocycles. The Hall–Kier alpha value is -0.695. The topological polar surface area (TPSA) is 105 Å². The zero-order chi connectivity index (χ0) is 13.3. The van der Waals surface area contributed by atoms with Crippen LogP contribution in [0.4, 0.5) is 4.79 Å². The Bertz CT molecular complexity index is 281. The number of hydrogen-bond acceptors (Lipinski definition) is 4. The molecule has 3 N–H and O–H groups in total. The first kappa shape index (κ1) is 16.3. The van der Waals surface area contributed by atoms with Crippen LogP contribution in [-0.2, 0) is 40.4 Å². The van der Waals surface area contributed by atoms with Gasteiger partial charge in [0.25, 0.3) is 0 Å². The van der Waals surface area contributed by atoms with Gasteiger partial charge in [0.2, 0.25) is 0 Å². The van der Waals surface area contributed by atoms with Crippen molar-refractivity contribution < 1.29 is 50.3 Å². The number of imide groups is 1. The fraction of sp³-hybridized carbons (Fsp3) is 0.667. The molecule has 0 aliphatic carbocycles. The van der Waals surface area contributed by atoms with E-state index in [0.717, 1.165) is 3.93 Å². The summed E-state index contributed by atoms with van der Waals surface area (Å²) in [6.07, 6.45) is -0.513. The van der Waals surface area contributed by atoms with Crippen LogP contribution in [0.15, 0.2) is 0 Å². The van der Waals surface area contributed by atoms with Crippen molar-refractivity contribution in [3.8, 4) is 0 Å². The number of urea groups is 1. The number of nitrogens with one attached hydrogen (secondary N) is 2. The summed E-state index contributed by atoms with van der Waals surface area (Å²) < 4.78 is 6.01. The van der Waals surface area contributed by atoms with Gasteiger partial charge in [-0.25, -0.2) is 0 Å². The average molecular weight is 432 g/mol. The van der Waals surface area contributed by atoms with Crippen molar-refractivity contribution in [2.24, 2.45) is 0 Å². The van der Waals surface area contributed by atoms with E-state index in [2.05, 4.69) is 5.32 Å². The molecule has 0 saturated heterocycles. The fourth-order valence-corrected chi connectivity index (χ4v) is 2.67. The molecule has 3 amide bonds. The molecule has 0 bridgehead atoms. The number of ether oxygens (including phenoxy) is 1. The molecule has 1 atom stereocenters. The Morgan fingerprint density at radius 2 is 2.00 bits per heavy atom. The average Bonchev–Trinajstić information content (AvgIpc) is 2.27. The molecule has 0 aromatic rings. The van der Waals surface area contributed by atoms with Gasteiger partial charge in [-0.1, -0.05) is 0 Å². The molecule has 0 radical (unpaired) electrons. The normalized spacial score (nSPS) is 11.7. The first-order valence-electron chi connectivity index (χ1n) is 5.11. The molecular formula is C9H15HgN2O5.